The Balaban J connectivity index is 1.82. The lowest BCUT2D eigenvalue weighted by Gasteiger charge is -2.22. The van der Waals surface area contributed by atoms with Gasteiger partial charge in [-0.15, -0.1) is 11.3 Å². The first kappa shape index (κ1) is 26.0. The molecule has 2 N–H and O–H groups in total. The molecule has 2 rings (SSSR count). The first-order valence-electron chi connectivity index (χ1n) is 11.4. The zero-order chi connectivity index (χ0) is 23.3. The van der Waals surface area contributed by atoms with Gasteiger partial charge in [0.25, 0.3) is 11.8 Å². The molecular weight excluding hydrogens is 424 g/mol. The molecule has 0 saturated heterocycles. The summed E-state index contributed by atoms with van der Waals surface area (Å²) in [7, 11) is 0. The van der Waals surface area contributed by atoms with Crippen LogP contribution in [0.3, 0.4) is 0 Å². The van der Waals surface area contributed by atoms with Gasteiger partial charge in [-0.2, -0.15) is 0 Å². The molecule has 1 unspecified atom stereocenters. The van der Waals surface area contributed by atoms with Gasteiger partial charge in [-0.1, -0.05) is 19.9 Å². The summed E-state index contributed by atoms with van der Waals surface area (Å²) in [6.07, 6.45) is 2.41. The van der Waals surface area contributed by atoms with Gasteiger partial charge in [0.15, 0.2) is 0 Å². The molecule has 1 heterocycles. The van der Waals surface area contributed by atoms with Gasteiger partial charge in [0, 0.05) is 48.7 Å². The molecule has 0 aliphatic heterocycles. The zero-order valence-electron chi connectivity index (χ0n) is 19.4. The van der Waals surface area contributed by atoms with Crippen molar-refractivity contribution in [3.05, 3.63) is 57.3 Å². The summed E-state index contributed by atoms with van der Waals surface area (Å²) in [6, 6.07) is 9.32. The van der Waals surface area contributed by atoms with Crippen molar-refractivity contribution in [2.45, 2.75) is 52.6 Å². The SMILES string of the molecule is CCCN(CCC)C(=O)c1cc(C)cc(C(=O)NCC(O)CCOCCc2cccs2)c1. The van der Waals surface area contributed by atoms with Crippen LogP contribution in [0.1, 0.15) is 64.3 Å². The zero-order valence-corrected chi connectivity index (χ0v) is 20.2. The van der Waals surface area contributed by atoms with Crippen LogP contribution < -0.4 is 5.32 Å². The third-order valence-electron chi connectivity index (χ3n) is 5.03. The summed E-state index contributed by atoms with van der Waals surface area (Å²) in [5.41, 5.74) is 1.81. The van der Waals surface area contributed by atoms with E-state index in [0.29, 0.717) is 43.9 Å². The van der Waals surface area contributed by atoms with Crippen molar-refractivity contribution >= 4 is 23.2 Å². The van der Waals surface area contributed by atoms with Crippen LogP contribution in [0.2, 0.25) is 0 Å². The molecular formula is C25H36N2O4S. The highest BCUT2D eigenvalue weighted by atomic mass is 32.1. The number of benzene rings is 1. The highest BCUT2D eigenvalue weighted by Crippen LogP contribution is 2.14. The summed E-state index contributed by atoms with van der Waals surface area (Å²) >= 11 is 1.71. The third-order valence-corrected chi connectivity index (χ3v) is 5.96. The number of hydrogen-bond donors (Lipinski definition) is 2. The number of nitrogens with zero attached hydrogens (tertiary/aromatic N) is 1. The van der Waals surface area contributed by atoms with Crippen molar-refractivity contribution in [3.63, 3.8) is 0 Å². The van der Waals surface area contributed by atoms with E-state index in [2.05, 4.69) is 11.4 Å². The molecule has 176 valence electrons. The Morgan fingerprint density at radius 2 is 1.84 bits per heavy atom. The minimum absolute atomic E-state index is 0.0498. The number of aliphatic hydroxyl groups excluding tert-OH is 1. The van der Waals surface area contributed by atoms with Crippen LogP contribution in [0, 0.1) is 6.92 Å². The van der Waals surface area contributed by atoms with Gasteiger partial charge in [-0.3, -0.25) is 9.59 Å². The van der Waals surface area contributed by atoms with Gasteiger partial charge >= 0.3 is 0 Å². The summed E-state index contributed by atoms with van der Waals surface area (Å²) in [6.45, 7) is 8.56. The van der Waals surface area contributed by atoms with E-state index in [1.807, 2.05) is 43.2 Å². The number of rotatable bonds is 14. The highest BCUT2D eigenvalue weighted by Gasteiger charge is 2.17. The number of amides is 2. The van der Waals surface area contributed by atoms with Gasteiger partial charge in [-0.05, 0) is 61.4 Å². The molecule has 0 saturated carbocycles. The minimum Gasteiger partial charge on any atom is -0.391 e. The quantitative estimate of drug-likeness (QED) is 0.417. The highest BCUT2D eigenvalue weighted by molar-refractivity contribution is 7.09. The van der Waals surface area contributed by atoms with Gasteiger partial charge in [0.2, 0.25) is 0 Å². The number of hydrogen-bond acceptors (Lipinski definition) is 5. The number of carbonyl (C=O) groups is 2. The van der Waals surface area contributed by atoms with Crippen LogP contribution in [0.15, 0.2) is 35.7 Å². The molecule has 7 heteroatoms. The van der Waals surface area contributed by atoms with Crippen molar-refractivity contribution < 1.29 is 19.4 Å². The molecule has 2 aromatic rings. The molecule has 6 nitrogen and oxygen atoms in total. The van der Waals surface area contributed by atoms with E-state index in [-0.39, 0.29) is 18.4 Å². The number of nitrogens with one attached hydrogen (secondary N) is 1. The van der Waals surface area contributed by atoms with Crippen LogP contribution in [0.25, 0.3) is 0 Å². The summed E-state index contributed by atoms with van der Waals surface area (Å²) in [5, 5.41) is 15.0. The van der Waals surface area contributed by atoms with E-state index in [1.54, 1.807) is 23.5 Å². The van der Waals surface area contributed by atoms with Crippen LogP contribution >= 0.6 is 11.3 Å². The van der Waals surface area contributed by atoms with E-state index in [0.717, 1.165) is 24.8 Å². The molecule has 0 bridgehead atoms. The van der Waals surface area contributed by atoms with Gasteiger partial charge in [-0.25, -0.2) is 0 Å². The van der Waals surface area contributed by atoms with Crippen molar-refractivity contribution in [1.29, 1.82) is 0 Å². The Morgan fingerprint density at radius 1 is 1.12 bits per heavy atom. The lowest BCUT2D eigenvalue weighted by molar-refractivity contribution is 0.0753. The second-order valence-electron chi connectivity index (χ2n) is 7.97. The normalized spacial score (nSPS) is 11.9. The Labute approximate surface area is 195 Å². The average molecular weight is 461 g/mol. The molecule has 0 spiro atoms. The lowest BCUT2D eigenvalue weighted by Crippen LogP contribution is -2.34. The largest absolute Gasteiger partial charge is 0.391 e. The van der Waals surface area contributed by atoms with Crippen LogP contribution in [-0.4, -0.2) is 60.8 Å². The van der Waals surface area contributed by atoms with Crippen molar-refractivity contribution in [2.24, 2.45) is 0 Å². The first-order valence-corrected chi connectivity index (χ1v) is 12.3. The Hall–Kier alpha value is -2.22. The first-order chi connectivity index (χ1) is 15.4. The fraction of sp³-hybridized carbons (Fsp3) is 0.520. The van der Waals surface area contributed by atoms with Crippen molar-refractivity contribution in [1.82, 2.24) is 10.2 Å². The lowest BCUT2D eigenvalue weighted by atomic mass is 10.0. The topological polar surface area (TPSA) is 78.9 Å². The number of aryl methyl sites for hydroxylation is 1. The second kappa shape index (κ2) is 14.0. The minimum atomic E-state index is -0.684. The Kier molecular flexibility index (Phi) is 11.4. The Bertz CT molecular complexity index is 832. The monoisotopic (exact) mass is 460 g/mol. The van der Waals surface area contributed by atoms with Gasteiger partial charge < -0.3 is 20.1 Å². The van der Waals surface area contributed by atoms with E-state index in [9.17, 15) is 14.7 Å². The number of carbonyl (C=O) groups excluding carboxylic acids is 2. The fourth-order valence-electron chi connectivity index (χ4n) is 3.44. The van der Waals surface area contributed by atoms with Crippen molar-refractivity contribution in [3.8, 4) is 0 Å². The molecule has 1 atom stereocenters. The predicted octanol–water partition coefficient (Wildman–Crippen LogP) is 4.06. The van der Waals surface area contributed by atoms with Gasteiger partial charge in [0.1, 0.15) is 0 Å². The maximum absolute atomic E-state index is 12.9. The molecule has 2 amide bonds. The average Bonchev–Trinajstić information content (AvgIpc) is 3.29. The van der Waals surface area contributed by atoms with E-state index in [1.165, 1.54) is 4.88 Å². The fourth-order valence-corrected chi connectivity index (χ4v) is 4.13. The molecule has 0 aliphatic carbocycles. The van der Waals surface area contributed by atoms with E-state index >= 15 is 0 Å². The summed E-state index contributed by atoms with van der Waals surface area (Å²) < 4.78 is 5.58. The molecule has 0 aliphatic rings. The summed E-state index contributed by atoms with van der Waals surface area (Å²) in [5.74, 6) is -0.343. The van der Waals surface area contributed by atoms with Crippen LogP contribution in [-0.2, 0) is 11.2 Å². The van der Waals surface area contributed by atoms with Crippen LogP contribution in [0.4, 0.5) is 0 Å². The predicted molar refractivity (Wildman–Crippen MR) is 129 cm³/mol. The van der Waals surface area contributed by atoms with E-state index in [4.69, 9.17) is 4.74 Å². The third kappa shape index (κ3) is 8.73. The standard InChI is InChI=1S/C25H36N2O4S/c1-4-10-27(11-5-2)25(30)21-16-19(3)15-20(17-21)24(29)26-18-22(28)8-12-31-13-9-23-7-6-14-32-23/h6-7,14-17,22,28H,4-5,8-13,18H2,1-3H3,(H,26,29). The number of aliphatic hydroxyl groups is 1. The molecule has 0 fully saturated rings. The molecule has 1 aromatic heterocycles. The maximum atomic E-state index is 12.9. The number of thiophene rings is 1. The van der Waals surface area contributed by atoms with Crippen molar-refractivity contribution in [2.75, 3.05) is 32.8 Å². The maximum Gasteiger partial charge on any atom is 0.253 e. The molecule has 32 heavy (non-hydrogen) atoms. The Morgan fingerprint density at radius 3 is 2.50 bits per heavy atom. The molecule has 0 radical (unpaired) electrons. The van der Waals surface area contributed by atoms with Crippen LogP contribution in [0.5, 0.6) is 0 Å². The summed E-state index contributed by atoms with van der Waals surface area (Å²) in [4.78, 5) is 28.6. The molecule has 1 aromatic carbocycles. The second-order valence-corrected chi connectivity index (χ2v) is 9.01. The van der Waals surface area contributed by atoms with E-state index < -0.39 is 6.10 Å². The number of ether oxygens (including phenoxy) is 1. The van der Waals surface area contributed by atoms with Gasteiger partial charge in [0.05, 0.1) is 12.7 Å². The smallest absolute Gasteiger partial charge is 0.253 e.